The molecule has 16 heavy (non-hydrogen) atoms. The largest absolute Gasteiger partial charge is 0.422 e. The first-order chi connectivity index (χ1) is 7.61. The number of hydrogen-bond donors (Lipinski definition) is 1. The average molecular weight is 221 g/mol. The van der Waals surface area contributed by atoms with Gasteiger partial charge in [0.2, 0.25) is 5.95 Å². The molecule has 1 atom stereocenters. The van der Waals surface area contributed by atoms with E-state index in [-0.39, 0.29) is 6.04 Å². The van der Waals surface area contributed by atoms with Gasteiger partial charge in [-0.15, -0.1) is 0 Å². The molecule has 0 amide bonds. The Labute approximate surface area is 93.5 Å². The van der Waals surface area contributed by atoms with Crippen molar-refractivity contribution in [2.24, 2.45) is 5.73 Å². The van der Waals surface area contributed by atoms with Gasteiger partial charge in [0.15, 0.2) is 5.89 Å². The van der Waals surface area contributed by atoms with Crippen molar-refractivity contribution in [3.8, 4) is 0 Å². The summed E-state index contributed by atoms with van der Waals surface area (Å²) in [7, 11) is 1.90. The Kier molecular flexibility index (Phi) is 2.74. The molecular weight excluding hydrogens is 206 g/mol. The zero-order valence-corrected chi connectivity index (χ0v) is 9.64. The van der Waals surface area contributed by atoms with Crippen LogP contribution < -0.4 is 10.6 Å². The SMILES string of the molecule is Cc1nc2cnc(N(C)C(C)CN)nc2o1. The number of aromatic nitrogens is 3. The van der Waals surface area contributed by atoms with Crippen LogP contribution >= 0.6 is 0 Å². The molecule has 0 aliphatic heterocycles. The maximum atomic E-state index is 5.59. The molecule has 0 radical (unpaired) electrons. The molecule has 6 heteroatoms. The minimum atomic E-state index is 0.182. The second kappa shape index (κ2) is 4.05. The summed E-state index contributed by atoms with van der Waals surface area (Å²) < 4.78 is 5.35. The Morgan fingerprint density at radius 2 is 2.25 bits per heavy atom. The van der Waals surface area contributed by atoms with Crippen LogP contribution in [0.5, 0.6) is 0 Å². The number of aryl methyl sites for hydroxylation is 1. The molecule has 86 valence electrons. The summed E-state index contributed by atoms with van der Waals surface area (Å²) in [6, 6.07) is 0.182. The third-order valence-electron chi connectivity index (χ3n) is 2.56. The lowest BCUT2D eigenvalue weighted by molar-refractivity contribution is 0.550. The van der Waals surface area contributed by atoms with Crippen molar-refractivity contribution in [2.45, 2.75) is 19.9 Å². The molecule has 2 aromatic rings. The first-order valence-electron chi connectivity index (χ1n) is 5.15. The van der Waals surface area contributed by atoms with Gasteiger partial charge in [0.1, 0.15) is 5.52 Å². The molecule has 0 aromatic carbocycles. The zero-order chi connectivity index (χ0) is 11.7. The highest BCUT2D eigenvalue weighted by molar-refractivity contribution is 5.68. The van der Waals surface area contributed by atoms with E-state index in [1.165, 1.54) is 0 Å². The van der Waals surface area contributed by atoms with Gasteiger partial charge in [-0.3, -0.25) is 0 Å². The first-order valence-corrected chi connectivity index (χ1v) is 5.15. The van der Waals surface area contributed by atoms with E-state index in [1.807, 2.05) is 18.9 Å². The van der Waals surface area contributed by atoms with Crippen LogP contribution in [0, 0.1) is 6.92 Å². The van der Waals surface area contributed by atoms with Crippen LogP contribution in [-0.2, 0) is 0 Å². The predicted octanol–water partition coefficient (Wildman–Crippen LogP) is 0.710. The Morgan fingerprint density at radius 1 is 1.50 bits per heavy atom. The van der Waals surface area contributed by atoms with Crippen LogP contribution in [0.15, 0.2) is 10.6 Å². The molecule has 0 bridgehead atoms. The standard InChI is InChI=1S/C10H15N5O/c1-6(4-11)15(3)10-12-5-8-9(14-10)16-7(2)13-8/h5-6H,4,11H2,1-3H3. The summed E-state index contributed by atoms with van der Waals surface area (Å²) in [4.78, 5) is 14.6. The van der Waals surface area contributed by atoms with Crippen molar-refractivity contribution < 1.29 is 4.42 Å². The van der Waals surface area contributed by atoms with Gasteiger partial charge in [0.25, 0.3) is 5.71 Å². The average Bonchev–Trinajstić information content (AvgIpc) is 2.65. The lowest BCUT2D eigenvalue weighted by atomic mass is 10.3. The normalized spacial score (nSPS) is 13.0. The molecule has 0 aliphatic rings. The number of nitrogens with two attached hydrogens (primary N) is 1. The zero-order valence-electron chi connectivity index (χ0n) is 9.64. The van der Waals surface area contributed by atoms with E-state index in [1.54, 1.807) is 13.1 Å². The molecular formula is C10H15N5O. The van der Waals surface area contributed by atoms with Crippen LogP contribution in [0.4, 0.5) is 5.95 Å². The van der Waals surface area contributed by atoms with Crippen LogP contribution in [0.25, 0.3) is 11.2 Å². The van der Waals surface area contributed by atoms with E-state index in [9.17, 15) is 0 Å². The Hall–Kier alpha value is -1.69. The minimum Gasteiger partial charge on any atom is -0.422 e. The molecule has 1 unspecified atom stereocenters. The van der Waals surface area contributed by atoms with Crippen molar-refractivity contribution >= 4 is 17.2 Å². The molecule has 6 nitrogen and oxygen atoms in total. The maximum absolute atomic E-state index is 5.59. The van der Waals surface area contributed by atoms with Crippen molar-refractivity contribution in [1.29, 1.82) is 0 Å². The summed E-state index contributed by atoms with van der Waals surface area (Å²) in [5.74, 6) is 1.19. The smallest absolute Gasteiger partial charge is 0.251 e. The van der Waals surface area contributed by atoms with Crippen LogP contribution in [0.1, 0.15) is 12.8 Å². The number of anilines is 1. The fourth-order valence-electron chi connectivity index (χ4n) is 1.36. The van der Waals surface area contributed by atoms with Gasteiger partial charge >= 0.3 is 0 Å². The summed E-state index contributed by atoms with van der Waals surface area (Å²) in [6.07, 6.45) is 1.66. The van der Waals surface area contributed by atoms with Gasteiger partial charge in [0.05, 0.1) is 6.20 Å². The first kappa shape index (κ1) is 10.8. The van der Waals surface area contributed by atoms with Crippen molar-refractivity contribution in [1.82, 2.24) is 15.0 Å². The lowest BCUT2D eigenvalue weighted by Gasteiger charge is -2.22. The van der Waals surface area contributed by atoms with Crippen molar-refractivity contribution in [2.75, 3.05) is 18.5 Å². The number of hydrogen-bond acceptors (Lipinski definition) is 6. The summed E-state index contributed by atoms with van der Waals surface area (Å²) in [6.45, 7) is 4.35. The number of fused-ring (bicyclic) bond motifs is 1. The van der Waals surface area contributed by atoms with Gasteiger partial charge in [-0.2, -0.15) is 4.98 Å². The number of oxazole rings is 1. The predicted molar refractivity (Wildman–Crippen MR) is 61.3 cm³/mol. The molecule has 2 rings (SSSR count). The van der Waals surface area contributed by atoms with Crippen molar-refractivity contribution in [3.63, 3.8) is 0 Å². The van der Waals surface area contributed by atoms with E-state index in [0.717, 1.165) is 0 Å². The summed E-state index contributed by atoms with van der Waals surface area (Å²) >= 11 is 0. The molecule has 0 aliphatic carbocycles. The van der Waals surface area contributed by atoms with Crippen molar-refractivity contribution in [3.05, 3.63) is 12.1 Å². The molecule has 0 saturated carbocycles. The maximum Gasteiger partial charge on any atom is 0.251 e. The quantitative estimate of drug-likeness (QED) is 0.822. The lowest BCUT2D eigenvalue weighted by Crippen LogP contribution is -2.36. The Balaban J connectivity index is 2.38. The van der Waals surface area contributed by atoms with Gasteiger partial charge in [0, 0.05) is 26.6 Å². The third-order valence-corrected chi connectivity index (χ3v) is 2.56. The van der Waals surface area contributed by atoms with E-state index >= 15 is 0 Å². The molecule has 2 N–H and O–H groups in total. The van der Waals surface area contributed by atoms with E-state index < -0.39 is 0 Å². The van der Waals surface area contributed by atoms with Crippen LogP contribution in [0.3, 0.4) is 0 Å². The molecule has 2 aromatic heterocycles. The highest BCUT2D eigenvalue weighted by Crippen LogP contribution is 2.15. The second-order valence-electron chi connectivity index (χ2n) is 3.79. The van der Waals surface area contributed by atoms with E-state index in [0.29, 0.717) is 29.6 Å². The van der Waals surface area contributed by atoms with Gasteiger partial charge in [-0.05, 0) is 6.92 Å². The highest BCUT2D eigenvalue weighted by Gasteiger charge is 2.13. The minimum absolute atomic E-state index is 0.182. The third kappa shape index (κ3) is 1.83. The number of likely N-dealkylation sites (N-methyl/N-ethyl adjacent to an activating group) is 1. The Morgan fingerprint density at radius 3 is 2.94 bits per heavy atom. The fraction of sp³-hybridized carbons (Fsp3) is 0.500. The molecule has 0 spiro atoms. The summed E-state index contributed by atoms with van der Waals surface area (Å²) in [5.41, 5.74) is 6.78. The summed E-state index contributed by atoms with van der Waals surface area (Å²) in [5, 5.41) is 0. The van der Waals surface area contributed by atoms with Crippen LogP contribution in [-0.4, -0.2) is 34.6 Å². The molecule has 2 heterocycles. The fourth-order valence-corrected chi connectivity index (χ4v) is 1.36. The van der Waals surface area contributed by atoms with Gasteiger partial charge < -0.3 is 15.1 Å². The monoisotopic (exact) mass is 221 g/mol. The number of rotatable bonds is 3. The molecule has 0 saturated heterocycles. The van der Waals surface area contributed by atoms with Crippen LogP contribution in [0.2, 0.25) is 0 Å². The van der Waals surface area contributed by atoms with E-state index in [4.69, 9.17) is 10.2 Å². The highest BCUT2D eigenvalue weighted by atomic mass is 16.4. The molecule has 0 fully saturated rings. The topological polar surface area (TPSA) is 81.1 Å². The van der Waals surface area contributed by atoms with Gasteiger partial charge in [-0.25, -0.2) is 9.97 Å². The van der Waals surface area contributed by atoms with Gasteiger partial charge in [-0.1, -0.05) is 0 Å². The second-order valence-corrected chi connectivity index (χ2v) is 3.79. The number of nitrogens with zero attached hydrogens (tertiary/aromatic N) is 4. The van der Waals surface area contributed by atoms with E-state index in [2.05, 4.69) is 15.0 Å². The Bertz CT molecular complexity index is 495.